The summed E-state index contributed by atoms with van der Waals surface area (Å²) in [5, 5.41) is 5.92. The molecular weight excluding hydrogens is 355 g/mol. The highest BCUT2D eigenvalue weighted by atomic mass is 32.1. The van der Waals surface area contributed by atoms with Crippen molar-refractivity contribution in [1.82, 2.24) is 9.78 Å². The van der Waals surface area contributed by atoms with Crippen LogP contribution in [0.4, 0.5) is 19.0 Å². The van der Waals surface area contributed by atoms with Gasteiger partial charge in [0.15, 0.2) is 5.82 Å². The molecule has 2 atom stereocenters. The van der Waals surface area contributed by atoms with Crippen molar-refractivity contribution in [1.29, 1.82) is 0 Å². The summed E-state index contributed by atoms with van der Waals surface area (Å²) in [6.45, 7) is 0.546. The SMILES string of the molecule is FC(F)(F)c1cc(N=C=S)nn1[C@H]1COCC1OCc1ccccc1. The maximum Gasteiger partial charge on any atom is 0.433 e. The van der Waals surface area contributed by atoms with Crippen LogP contribution >= 0.6 is 12.2 Å². The quantitative estimate of drug-likeness (QED) is 0.594. The lowest BCUT2D eigenvalue weighted by molar-refractivity contribution is -0.145. The smallest absolute Gasteiger partial charge is 0.376 e. The Morgan fingerprint density at radius 1 is 1.32 bits per heavy atom. The lowest BCUT2D eigenvalue weighted by atomic mass is 10.2. The molecule has 1 aromatic carbocycles. The molecule has 0 N–H and O–H groups in total. The van der Waals surface area contributed by atoms with Gasteiger partial charge in [0, 0.05) is 6.07 Å². The van der Waals surface area contributed by atoms with Crippen LogP contribution in [-0.4, -0.2) is 34.3 Å². The lowest BCUT2D eigenvalue weighted by Gasteiger charge is -2.21. The fourth-order valence-electron chi connectivity index (χ4n) is 2.64. The number of aromatic nitrogens is 2. The summed E-state index contributed by atoms with van der Waals surface area (Å²) >= 11 is 4.44. The molecule has 1 fully saturated rings. The number of thiocarbonyl (C=S) groups is 1. The number of rotatable bonds is 5. The molecule has 0 amide bonds. The second-order valence-electron chi connectivity index (χ2n) is 5.47. The van der Waals surface area contributed by atoms with Crippen molar-refractivity contribution in [3.63, 3.8) is 0 Å². The molecule has 1 aliphatic heterocycles. The van der Waals surface area contributed by atoms with E-state index in [2.05, 4.69) is 22.3 Å². The Balaban J connectivity index is 1.83. The molecule has 3 rings (SSSR count). The number of isothiocyanates is 1. The number of aliphatic imine (C=N–C) groups is 1. The zero-order valence-electron chi connectivity index (χ0n) is 12.9. The molecule has 1 saturated heterocycles. The second kappa shape index (κ2) is 7.45. The molecule has 0 radical (unpaired) electrons. The lowest BCUT2D eigenvalue weighted by Crippen LogP contribution is -2.29. The van der Waals surface area contributed by atoms with Crippen LogP contribution in [0.3, 0.4) is 0 Å². The van der Waals surface area contributed by atoms with Crippen molar-refractivity contribution in [3.8, 4) is 0 Å². The highest BCUT2D eigenvalue weighted by Gasteiger charge is 2.41. The minimum absolute atomic E-state index is 0.0744. The molecule has 1 aromatic heterocycles. The molecule has 0 saturated carbocycles. The van der Waals surface area contributed by atoms with Crippen molar-refractivity contribution >= 4 is 23.2 Å². The summed E-state index contributed by atoms with van der Waals surface area (Å²) in [4.78, 5) is 3.54. The average Bonchev–Trinajstić information content (AvgIpc) is 3.20. The van der Waals surface area contributed by atoms with Crippen molar-refractivity contribution in [3.05, 3.63) is 47.7 Å². The Kier molecular flexibility index (Phi) is 5.29. The monoisotopic (exact) mass is 369 g/mol. The van der Waals surface area contributed by atoms with E-state index in [0.717, 1.165) is 16.3 Å². The summed E-state index contributed by atoms with van der Waals surface area (Å²) < 4.78 is 51.9. The average molecular weight is 369 g/mol. The number of hydrogen-bond acceptors (Lipinski definition) is 5. The van der Waals surface area contributed by atoms with Crippen LogP contribution in [0.25, 0.3) is 0 Å². The van der Waals surface area contributed by atoms with Crippen LogP contribution in [0.15, 0.2) is 41.4 Å². The molecule has 5 nitrogen and oxygen atoms in total. The summed E-state index contributed by atoms with van der Waals surface area (Å²) in [6.07, 6.45) is -5.13. The van der Waals surface area contributed by atoms with Gasteiger partial charge in [-0.3, -0.25) is 4.68 Å². The second-order valence-corrected chi connectivity index (χ2v) is 5.66. The molecule has 9 heteroatoms. The minimum atomic E-state index is -4.57. The van der Waals surface area contributed by atoms with Gasteiger partial charge in [0.1, 0.15) is 17.8 Å². The normalized spacial score (nSPS) is 20.4. The van der Waals surface area contributed by atoms with Gasteiger partial charge in [0.05, 0.1) is 25.0 Å². The van der Waals surface area contributed by atoms with Gasteiger partial charge in [0.2, 0.25) is 0 Å². The highest BCUT2D eigenvalue weighted by molar-refractivity contribution is 7.78. The molecule has 0 spiro atoms. The van der Waals surface area contributed by atoms with Crippen LogP contribution in [0.2, 0.25) is 0 Å². The predicted molar refractivity (Wildman–Crippen MR) is 86.8 cm³/mol. The Morgan fingerprint density at radius 3 is 2.76 bits per heavy atom. The van der Waals surface area contributed by atoms with Gasteiger partial charge in [-0.2, -0.15) is 23.3 Å². The number of ether oxygens (including phenoxy) is 2. The van der Waals surface area contributed by atoms with E-state index in [1.54, 1.807) is 0 Å². The van der Waals surface area contributed by atoms with Crippen LogP contribution < -0.4 is 0 Å². The number of benzene rings is 1. The Morgan fingerprint density at radius 2 is 2.08 bits per heavy atom. The van der Waals surface area contributed by atoms with E-state index in [0.29, 0.717) is 0 Å². The molecule has 1 unspecified atom stereocenters. The van der Waals surface area contributed by atoms with Gasteiger partial charge in [-0.15, -0.1) is 0 Å². The summed E-state index contributed by atoms with van der Waals surface area (Å²) in [5.74, 6) is -0.143. The summed E-state index contributed by atoms with van der Waals surface area (Å²) in [7, 11) is 0. The number of alkyl halides is 3. The van der Waals surface area contributed by atoms with Gasteiger partial charge in [-0.1, -0.05) is 30.3 Å². The largest absolute Gasteiger partial charge is 0.433 e. The zero-order valence-corrected chi connectivity index (χ0v) is 13.8. The molecule has 2 aromatic rings. The summed E-state index contributed by atoms with van der Waals surface area (Å²) in [6, 6.07) is 9.51. The van der Waals surface area contributed by atoms with Crippen LogP contribution in [-0.2, 0) is 22.3 Å². The highest BCUT2D eigenvalue weighted by Crippen LogP contribution is 2.35. The van der Waals surface area contributed by atoms with Gasteiger partial charge in [0.25, 0.3) is 0 Å². The van der Waals surface area contributed by atoms with Gasteiger partial charge >= 0.3 is 6.18 Å². The maximum absolute atomic E-state index is 13.3. The first kappa shape index (κ1) is 17.8. The first-order valence-corrected chi connectivity index (χ1v) is 7.88. The third kappa shape index (κ3) is 4.13. The number of hydrogen-bond donors (Lipinski definition) is 0. The molecule has 1 aliphatic rings. The van der Waals surface area contributed by atoms with Crippen molar-refractivity contribution in [2.24, 2.45) is 4.99 Å². The van der Waals surface area contributed by atoms with Crippen LogP contribution in [0.5, 0.6) is 0 Å². The Bertz CT molecular complexity index is 773. The van der Waals surface area contributed by atoms with Crippen molar-refractivity contribution in [2.75, 3.05) is 13.2 Å². The van der Waals surface area contributed by atoms with E-state index in [4.69, 9.17) is 9.47 Å². The van der Waals surface area contributed by atoms with Gasteiger partial charge < -0.3 is 9.47 Å². The van der Waals surface area contributed by atoms with E-state index in [1.807, 2.05) is 35.5 Å². The predicted octanol–water partition coefficient (Wildman–Crippen LogP) is 3.79. The van der Waals surface area contributed by atoms with Gasteiger partial charge in [-0.25, -0.2) is 0 Å². The first-order chi connectivity index (χ1) is 12.0. The zero-order chi connectivity index (χ0) is 17.9. The third-order valence-electron chi connectivity index (χ3n) is 3.79. The van der Waals surface area contributed by atoms with Crippen LogP contribution in [0.1, 0.15) is 17.3 Å². The molecule has 0 aliphatic carbocycles. The number of nitrogens with zero attached hydrogens (tertiary/aromatic N) is 3. The van der Waals surface area contributed by atoms with Crippen molar-refractivity contribution in [2.45, 2.75) is 24.9 Å². The summed E-state index contributed by atoms with van der Waals surface area (Å²) in [5.41, 5.74) is 0.0102. The van der Waals surface area contributed by atoms with E-state index in [-0.39, 0.29) is 25.6 Å². The minimum Gasteiger partial charge on any atom is -0.376 e. The number of halogens is 3. The molecule has 2 heterocycles. The van der Waals surface area contributed by atoms with Crippen molar-refractivity contribution < 1.29 is 22.6 Å². The first-order valence-electron chi connectivity index (χ1n) is 7.47. The topological polar surface area (TPSA) is 48.6 Å². The molecule has 0 bridgehead atoms. The fraction of sp³-hybridized carbons (Fsp3) is 0.375. The van der Waals surface area contributed by atoms with E-state index in [1.165, 1.54) is 0 Å². The van der Waals surface area contributed by atoms with Gasteiger partial charge in [-0.05, 0) is 17.8 Å². The van der Waals surface area contributed by atoms with E-state index < -0.39 is 24.0 Å². The Labute approximate surface area is 147 Å². The Hall–Kier alpha value is -2.06. The van der Waals surface area contributed by atoms with E-state index >= 15 is 0 Å². The standard InChI is InChI=1S/C16H14F3N3O2S/c17-16(18,19)14-6-15(20-10-25)21-22(14)12-8-23-9-13(12)24-7-11-4-2-1-3-5-11/h1-6,12-13H,7-9H2/t12-,13?/m0/s1. The molecule has 132 valence electrons. The molecular formula is C16H14F3N3O2S. The fourth-order valence-corrected chi connectivity index (χ4v) is 2.73. The third-order valence-corrected chi connectivity index (χ3v) is 3.89. The molecule has 25 heavy (non-hydrogen) atoms. The maximum atomic E-state index is 13.3. The van der Waals surface area contributed by atoms with E-state index in [9.17, 15) is 13.2 Å². The van der Waals surface area contributed by atoms with Crippen LogP contribution in [0, 0.1) is 0 Å².